The van der Waals surface area contributed by atoms with Gasteiger partial charge in [0.1, 0.15) is 34.9 Å². The third-order valence-electron chi connectivity index (χ3n) is 7.53. The number of nitriles is 1. The summed E-state index contributed by atoms with van der Waals surface area (Å²) in [5.41, 5.74) is 0.833. The van der Waals surface area contributed by atoms with Gasteiger partial charge in [0.15, 0.2) is 0 Å². The number of rotatable bonds is 5. The Hall–Kier alpha value is -2.35. The van der Waals surface area contributed by atoms with Gasteiger partial charge in [0.25, 0.3) is 0 Å². The fourth-order valence-corrected chi connectivity index (χ4v) is 5.70. The first-order valence-electron chi connectivity index (χ1n) is 11.8. The van der Waals surface area contributed by atoms with E-state index in [2.05, 4.69) is 6.92 Å². The normalized spacial score (nSPS) is 22.9. The SMILES string of the molecule is CCCCC1CCC(c2cc(F)c(C3CCc4c(cc(F)c(C#N)c4F)C3)c(F)c2)CC1. The molecule has 0 spiro atoms. The molecule has 1 fully saturated rings. The summed E-state index contributed by atoms with van der Waals surface area (Å²) < 4.78 is 58.8. The maximum absolute atomic E-state index is 15.1. The van der Waals surface area contributed by atoms with Gasteiger partial charge in [-0.1, -0.05) is 26.2 Å². The molecule has 0 bridgehead atoms. The molecule has 0 aliphatic heterocycles. The Labute approximate surface area is 187 Å². The summed E-state index contributed by atoms with van der Waals surface area (Å²) in [6.45, 7) is 2.19. The molecular formula is C27H29F4N. The van der Waals surface area contributed by atoms with E-state index in [-0.39, 0.29) is 29.9 Å². The molecule has 2 aromatic rings. The molecule has 2 aliphatic rings. The quantitative estimate of drug-likeness (QED) is 0.432. The summed E-state index contributed by atoms with van der Waals surface area (Å²) in [6.07, 6.45) is 8.56. The molecule has 2 aromatic carbocycles. The average Bonchev–Trinajstić information content (AvgIpc) is 2.77. The van der Waals surface area contributed by atoms with Crippen molar-refractivity contribution in [3.8, 4) is 6.07 Å². The molecule has 5 heteroatoms. The standard InChI is InChI=1S/C27H29F4N/c1-2-3-4-16-5-7-17(8-6-16)19-12-24(29)26(25(30)13-19)18-9-10-21-20(11-18)14-23(28)22(15-32)27(21)31/h12-14,16-18H,2-11H2,1H3. The van der Waals surface area contributed by atoms with Crippen LogP contribution in [0.3, 0.4) is 0 Å². The Morgan fingerprint density at radius 1 is 0.906 bits per heavy atom. The first-order chi connectivity index (χ1) is 15.4. The smallest absolute Gasteiger partial charge is 0.147 e. The van der Waals surface area contributed by atoms with Crippen LogP contribution in [0.5, 0.6) is 0 Å². The Morgan fingerprint density at radius 2 is 1.59 bits per heavy atom. The van der Waals surface area contributed by atoms with Crippen LogP contribution in [0.1, 0.15) is 97.9 Å². The topological polar surface area (TPSA) is 23.8 Å². The van der Waals surface area contributed by atoms with Gasteiger partial charge in [0, 0.05) is 5.56 Å². The van der Waals surface area contributed by atoms with E-state index in [9.17, 15) is 8.78 Å². The van der Waals surface area contributed by atoms with Crippen molar-refractivity contribution in [2.45, 2.75) is 83.0 Å². The van der Waals surface area contributed by atoms with Crippen molar-refractivity contribution in [1.82, 2.24) is 0 Å². The molecule has 2 aliphatic carbocycles. The number of fused-ring (bicyclic) bond motifs is 1. The first-order valence-corrected chi connectivity index (χ1v) is 11.8. The minimum Gasteiger partial charge on any atom is -0.207 e. The van der Waals surface area contributed by atoms with E-state index in [1.165, 1.54) is 31.4 Å². The highest BCUT2D eigenvalue weighted by atomic mass is 19.1. The summed E-state index contributed by atoms with van der Waals surface area (Å²) in [6, 6.07) is 5.65. The molecule has 0 N–H and O–H groups in total. The zero-order chi connectivity index (χ0) is 22.8. The summed E-state index contributed by atoms with van der Waals surface area (Å²) >= 11 is 0. The van der Waals surface area contributed by atoms with Crippen LogP contribution in [-0.2, 0) is 12.8 Å². The van der Waals surface area contributed by atoms with E-state index in [0.29, 0.717) is 12.0 Å². The van der Waals surface area contributed by atoms with E-state index in [1.807, 2.05) is 0 Å². The maximum Gasteiger partial charge on any atom is 0.147 e. The van der Waals surface area contributed by atoms with Crippen LogP contribution >= 0.6 is 0 Å². The van der Waals surface area contributed by atoms with Gasteiger partial charge in [-0.3, -0.25) is 0 Å². The molecule has 0 radical (unpaired) electrons. The van der Waals surface area contributed by atoms with Crippen molar-refractivity contribution in [3.63, 3.8) is 0 Å². The second kappa shape index (κ2) is 9.65. The lowest BCUT2D eigenvalue weighted by Gasteiger charge is -2.30. The molecule has 32 heavy (non-hydrogen) atoms. The van der Waals surface area contributed by atoms with Gasteiger partial charge in [-0.05, 0) is 97.6 Å². The maximum atomic E-state index is 15.1. The molecule has 0 amide bonds. The second-order valence-electron chi connectivity index (χ2n) is 9.49. The summed E-state index contributed by atoms with van der Waals surface area (Å²) in [7, 11) is 0. The number of benzene rings is 2. The monoisotopic (exact) mass is 443 g/mol. The van der Waals surface area contributed by atoms with Gasteiger partial charge in [-0.25, -0.2) is 17.6 Å². The molecule has 1 nitrogen and oxygen atoms in total. The zero-order valence-electron chi connectivity index (χ0n) is 18.5. The van der Waals surface area contributed by atoms with Crippen molar-refractivity contribution in [1.29, 1.82) is 5.26 Å². The van der Waals surface area contributed by atoms with Crippen molar-refractivity contribution in [3.05, 3.63) is 69.3 Å². The highest BCUT2D eigenvalue weighted by molar-refractivity contribution is 5.44. The van der Waals surface area contributed by atoms with Gasteiger partial charge < -0.3 is 0 Å². The predicted octanol–water partition coefficient (Wildman–Crippen LogP) is 7.85. The zero-order valence-corrected chi connectivity index (χ0v) is 18.5. The second-order valence-corrected chi connectivity index (χ2v) is 9.49. The van der Waals surface area contributed by atoms with E-state index in [4.69, 9.17) is 5.26 Å². The predicted molar refractivity (Wildman–Crippen MR) is 116 cm³/mol. The van der Waals surface area contributed by atoms with Crippen molar-refractivity contribution in [2.75, 3.05) is 0 Å². The Morgan fingerprint density at radius 3 is 2.22 bits per heavy atom. The molecule has 1 unspecified atom stereocenters. The fourth-order valence-electron chi connectivity index (χ4n) is 5.70. The van der Waals surface area contributed by atoms with Gasteiger partial charge in [0.2, 0.25) is 0 Å². The van der Waals surface area contributed by atoms with Crippen molar-refractivity contribution < 1.29 is 17.6 Å². The fraction of sp³-hybridized carbons (Fsp3) is 0.519. The first kappa shape index (κ1) is 22.8. The Bertz CT molecular complexity index is 1010. The van der Waals surface area contributed by atoms with Gasteiger partial charge in [0.05, 0.1) is 0 Å². The lowest BCUT2D eigenvalue weighted by atomic mass is 9.75. The van der Waals surface area contributed by atoms with E-state index in [0.717, 1.165) is 43.2 Å². The number of unbranched alkanes of at least 4 members (excludes halogenated alkanes) is 1. The molecule has 170 valence electrons. The molecule has 4 rings (SSSR count). The number of nitrogens with zero attached hydrogens (tertiary/aromatic N) is 1. The number of hydrogen-bond acceptors (Lipinski definition) is 1. The Kier molecular flexibility index (Phi) is 6.88. The molecule has 0 heterocycles. The third kappa shape index (κ3) is 4.42. The van der Waals surface area contributed by atoms with E-state index < -0.39 is 34.8 Å². The molecule has 1 saturated carbocycles. The minimum absolute atomic E-state index is 0.0150. The number of halogens is 4. The van der Waals surface area contributed by atoms with Crippen molar-refractivity contribution in [2.24, 2.45) is 5.92 Å². The molecular weight excluding hydrogens is 414 g/mol. The van der Waals surface area contributed by atoms with Crippen LogP contribution in [-0.4, -0.2) is 0 Å². The van der Waals surface area contributed by atoms with E-state index >= 15 is 8.78 Å². The molecule has 0 aromatic heterocycles. The van der Waals surface area contributed by atoms with E-state index in [1.54, 1.807) is 6.07 Å². The third-order valence-corrected chi connectivity index (χ3v) is 7.53. The highest BCUT2D eigenvalue weighted by Crippen LogP contribution is 2.41. The largest absolute Gasteiger partial charge is 0.207 e. The summed E-state index contributed by atoms with van der Waals surface area (Å²) in [5.74, 6) is -2.45. The van der Waals surface area contributed by atoms with Crippen LogP contribution in [0.2, 0.25) is 0 Å². The molecule has 1 atom stereocenters. The minimum atomic E-state index is -0.921. The lowest BCUT2D eigenvalue weighted by molar-refractivity contribution is 0.303. The van der Waals surface area contributed by atoms with Crippen LogP contribution in [0.25, 0.3) is 0 Å². The van der Waals surface area contributed by atoms with Crippen LogP contribution < -0.4 is 0 Å². The summed E-state index contributed by atoms with van der Waals surface area (Å²) in [5, 5.41) is 8.96. The molecule has 0 saturated heterocycles. The van der Waals surface area contributed by atoms with Gasteiger partial charge in [-0.15, -0.1) is 0 Å². The lowest BCUT2D eigenvalue weighted by Crippen LogP contribution is -2.19. The highest BCUT2D eigenvalue weighted by Gasteiger charge is 2.31. The van der Waals surface area contributed by atoms with Crippen LogP contribution in [0.4, 0.5) is 17.6 Å². The Balaban J connectivity index is 1.52. The van der Waals surface area contributed by atoms with Crippen molar-refractivity contribution >= 4 is 0 Å². The van der Waals surface area contributed by atoms with Crippen LogP contribution in [0, 0.1) is 40.5 Å². The van der Waals surface area contributed by atoms with Gasteiger partial charge >= 0.3 is 0 Å². The van der Waals surface area contributed by atoms with Gasteiger partial charge in [-0.2, -0.15) is 5.26 Å². The number of hydrogen-bond donors (Lipinski definition) is 0. The average molecular weight is 444 g/mol. The van der Waals surface area contributed by atoms with Crippen LogP contribution in [0.15, 0.2) is 18.2 Å². The summed E-state index contributed by atoms with van der Waals surface area (Å²) in [4.78, 5) is 0.